The van der Waals surface area contributed by atoms with Crippen LogP contribution in [0.1, 0.15) is 43.7 Å². The zero-order valence-corrected chi connectivity index (χ0v) is 21.9. The molecule has 208 valence electrons. The molecule has 1 saturated heterocycles. The second-order valence-corrected chi connectivity index (χ2v) is 10.4. The highest BCUT2D eigenvalue weighted by atomic mass is 19.1. The molecule has 1 saturated carbocycles. The number of aliphatic hydroxyl groups is 1. The van der Waals surface area contributed by atoms with Gasteiger partial charge in [-0.25, -0.2) is 13.5 Å². The van der Waals surface area contributed by atoms with Crippen LogP contribution < -0.4 is 10.6 Å². The molecule has 0 unspecified atom stereocenters. The summed E-state index contributed by atoms with van der Waals surface area (Å²) in [4.78, 5) is 11.9. The third-order valence-electron chi connectivity index (χ3n) is 7.73. The van der Waals surface area contributed by atoms with Crippen LogP contribution in [0, 0.1) is 11.6 Å². The standard InChI is InChI=1S/C29H34F2N4O4/c1-20(36)34-26(16-21-14-23(30)18-24(31)15-21)27(37)19-32-28(6-8-29(9-7-28)38-12-13-39-29)22-4-2-5-25(17-22)35-11-3-10-33-35/h2-5,10-11,14-15,17-18,26-27,32,37H,6-9,12-13,16,19H2,1H3,(H,34,36)/t26-,27+/m0/s1. The zero-order chi connectivity index (χ0) is 27.5. The van der Waals surface area contributed by atoms with Crippen LogP contribution in [-0.4, -0.2) is 58.5 Å². The molecule has 0 bridgehead atoms. The van der Waals surface area contributed by atoms with E-state index in [1.165, 1.54) is 19.1 Å². The van der Waals surface area contributed by atoms with Gasteiger partial charge in [-0.2, -0.15) is 5.10 Å². The summed E-state index contributed by atoms with van der Waals surface area (Å²) in [6.07, 6.45) is 5.41. The van der Waals surface area contributed by atoms with Gasteiger partial charge in [-0.15, -0.1) is 0 Å². The summed E-state index contributed by atoms with van der Waals surface area (Å²) >= 11 is 0. The molecule has 2 heterocycles. The number of rotatable bonds is 9. The minimum Gasteiger partial charge on any atom is -0.390 e. The van der Waals surface area contributed by atoms with Crippen molar-refractivity contribution in [2.75, 3.05) is 19.8 Å². The Morgan fingerprint density at radius 1 is 1.08 bits per heavy atom. The molecular weight excluding hydrogens is 506 g/mol. The fraction of sp³-hybridized carbons (Fsp3) is 0.448. The lowest BCUT2D eigenvalue weighted by Gasteiger charge is -2.45. The predicted octanol–water partition coefficient (Wildman–Crippen LogP) is 3.36. The Labute approximate surface area is 226 Å². The summed E-state index contributed by atoms with van der Waals surface area (Å²) in [5.74, 6) is -2.33. The Balaban J connectivity index is 1.38. The Bertz CT molecular complexity index is 1250. The Morgan fingerprint density at radius 3 is 2.44 bits per heavy atom. The number of ether oxygens (including phenoxy) is 2. The molecule has 1 amide bonds. The van der Waals surface area contributed by atoms with E-state index in [4.69, 9.17) is 9.47 Å². The summed E-state index contributed by atoms with van der Waals surface area (Å²) in [6.45, 7) is 2.65. The van der Waals surface area contributed by atoms with Crippen LogP contribution in [0.5, 0.6) is 0 Å². The van der Waals surface area contributed by atoms with Gasteiger partial charge in [0.05, 0.1) is 31.0 Å². The monoisotopic (exact) mass is 540 g/mol. The Morgan fingerprint density at radius 2 is 1.79 bits per heavy atom. The summed E-state index contributed by atoms with van der Waals surface area (Å²) in [5, 5.41) is 21.9. The van der Waals surface area contributed by atoms with E-state index in [0.717, 1.165) is 17.3 Å². The van der Waals surface area contributed by atoms with E-state index in [9.17, 15) is 18.7 Å². The maximum Gasteiger partial charge on any atom is 0.217 e. The molecule has 2 aliphatic rings. The highest BCUT2D eigenvalue weighted by molar-refractivity contribution is 5.73. The first kappa shape index (κ1) is 27.4. The Hall–Kier alpha value is -3.18. The fourth-order valence-corrected chi connectivity index (χ4v) is 5.75. The van der Waals surface area contributed by atoms with Crippen molar-refractivity contribution in [2.45, 2.75) is 62.5 Å². The highest BCUT2D eigenvalue weighted by Gasteiger charge is 2.47. The van der Waals surface area contributed by atoms with E-state index in [-0.39, 0.29) is 18.9 Å². The number of nitrogens with zero attached hydrogens (tertiary/aromatic N) is 2. The molecule has 1 aliphatic heterocycles. The molecule has 1 aliphatic carbocycles. The van der Waals surface area contributed by atoms with Crippen LogP contribution in [0.15, 0.2) is 60.9 Å². The van der Waals surface area contributed by atoms with Crippen molar-refractivity contribution in [1.29, 1.82) is 0 Å². The van der Waals surface area contributed by atoms with Crippen molar-refractivity contribution in [3.63, 3.8) is 0 Å². The molecular formula is C29H34F2N4O4. The normalized spacial score (nSPS) is 19.6. The minimum atomic E-state index is -1.03. The largest absolute Gasteiger partial charge is 0.390 e. The molecule has 39 heavy (non-hydrogen) atoms. The topological polar surface area (TPSA) is 97.6 Å². The summed E-state index contributed by atoms with van der Waals surface area (Å²) in [7, 11) is 0. The highest BCUT2D eigenvalue weighted by Crippen LogP contribution is 2.45. The van der Waals surface area contributed by atoms with Crippen LogP contribution in [0.4, 0.5) is 8.78 Å². The van der Waals surface area contributed by atoms with Gasteiger partial charge in [0.2, 0.25) is 5.91 Å². The average Bonchev–Trinajstić information content (AvgIpc) is 3.61. The van der Waals surface area contributed by atoms with Crippen LogP contribution >= 0.6 is 0 Å². The van der Waals surface area contributed by atoms with Gasteiger partial charge in [0, 0.05) is 50.3 Å². The van der Waals surface area contributed by atoms with E-state index < -0.39 is 35.1 Å². The van der Waals surface area contributed by atoms with Crippen molar-refractivity contribution in [2.24, 2.45) is 0 Å². The van der Waals surface area contributed by atoms with Crippen molar-refractivity contribution in [1.82, 2.24) is 20.4 Å². The van der Waals surface area contributed by atoms with Gasteiger partial charge in [0.1, 0.15) is 11.6 Å². The smallest absolute Gasteiger partial charge is 0.217 e. The average molecular weight is 541 g/mol. The van der Waals surface area contributed by atoms with Crippen molar-refractivity contribution in [3.05, 3.63) is 83.7 Å². The van der Waals surface area contributed by atoms with E-state index in [1.54, 1.807) is 10.9 Å². The van der Waals surface area contributed by atoms with Gasteiger partial charge < -0.3 is 25.2 Å². The number of amides is 1. The quantitative estimate of drug-likeness (QED) is 0.385. The van der Waals surface area contributed by atoms with Crippen LogP contribution in [-0.2, 0) is 26.2 Å². The van der Waals surface area contributed by atoms with Gasteiger partial charge in [0.15, 0.2) is 5.79 Å². The van der Waals surface area contributed by atoms with Gasteiger partial charge in [0.25, 0.3) is 0 Å². The predicted molar refractivity (Wildman–Crippen MR) is 140 cm³/mol. The van der Waals surface area contributed by atoms with Crippen molar-refractivity contribution >= 4 is 5.91 Å². The zero-order valence-electron chi connectivity index (χ0n) is 21.9. The van der Waals surface area contributed by atoms with E-state index in [0.29, 0.717) is 44.5 Å². The van der Waals surface area contributed by atoms with Crippen molar-refractivity contribution in [3.8, 4) is 5.69 Å². The third kappa shape index (κ3) is 6.36. The lowest BCUT2D eigenvalue weighted by Crippen LogP contribution is -2.55. The van der Waals surface area contributed by atoms with E-state index >= 15 is 0 Å². The summed E-state index contributed by atoms with van der Waals surface area (Å²) in [5.41, 5.74) is 1.80. The fourth-order valence-electron chi connectivity index (χ4n) is 5.75. The molecule has 3 aromatic rings. The molecule has 8 nitrogen and oxygen atoms in total. The molecule has 1 spiro atoms. The van der Waals surface area contributed by atoms with Gasteiger partial charge in [-0.05, 0) is 60.7 Å². The maximum absolute atomic E-state index is 13.8. The number of hydrogen-bond acceptors (Lipinski definition) is 6. The first-order chi connectivity index (χ1) is 18.8. The van der Waals surface area contributed by atoms with Crippen LogP contribution in [0.3, 0.4) is 0 Å². The second kappa shape index (κ2) is 11.5. The number of hydrogen-bond donors (Lipinski definition) is 3. The first-order valence-electron chi connectivity index (χ1n) is 13.3. The lowest BCUT2D eigenvalue weighted by atomic mass is 9.74. The SMILES string of the molecule is CC(=O)N[C@@H](Cc1cc(F)cc(F)c1)[C@H](O)CNC1(c2cccc(-n3cccn3)c2)CCC2(CC1)OCCO2. The molecule has 2 atom stereocenters. The lowest BCUT2D eigenvalue weighted by molar-refractivity contribution is -0.187. The molecule has 5 rings (SSSR count). The van der Waals surface area contributed by atoms with Gasteiger partial charge in [-0.1, -0.05) is 12.1 Å². The molecule has 2 fully saturated rings. The van der Waals surface area contributed by atoms with Crippen LogP contribution in [0.2, 0.25) is 0 Å². The summed E-state index contributed by atoms with van der Waals surface area (Å²) < 4.78 is 41.3. The molecule has 1 aromatic heterocycles. The minimum absolute atomic E-state index is 0.0731. The molecule has 10 heteroatoms. The Kier molecular flexibility index (Phi) is 8.08. The number of carbonyl (C=O) groups is 1. The number of benzene rings is 2. The molecule has 2 aromatic carbocycles. The van der Waals surface area contributed by atoms with E-state index in [1.807, 2.05) is 24.4 Å². The van der Waals surface area contributed by atoms with Gasteiger partial charge in [-0.3, -0.25) is 4.79 Å². The first-order valence-corrected chi connectivity index (χ1v) is 13.3. The number of halogens is 2. The number of carbonyl (C=O) groups excluding carboxylic acids is 1. The third-order valence-corrected chi connectivity index (χ3v) is 7.73. The number of aliphatic hydroxyl groups excluding tert-OH is 1. The maximum atomic E-state index is 13.8. The second-order valence-electron chi connectivity index (χ2n) is 10.4. The number of nitrogens with one attached hydrogen (secondary N) is 2. The molecule has 3 N–H and O–H groups in total. The summed E-state index contributed by atoms with van der Waals surface area (Å²) in [6, 6.07) is 12.4. The van der Waals surface area contributed by atoms with Crippen LogP contribution in [0.25, 0.3) is 5.69 Å². The number of aromatic nitrogens is 2. The molecule has 0 radical (unpaired) electrons. The van der Waals surface area contributed by atoms with Gasteiger partial charge >= 0.3 is 0 Å². The van der Waals surface area contributed by atoms with E-state index in [2.05, 4.69) is 27.9 Å². The van der Waals surface area contributed by atoms with Crippen molar-refractivity contribution < 1.29 is 28.2 Å².